The summed E-state index contributed by atoms with van der Waals surface area (Å²) in [4.78, 5) is 21.6. The Bertz CT molecular complexity index is 935. The Balaban J connectivity index is 2.01. The second-order valence-corrected chi connectivity index (χ2v) is 8.27. The van der Waals surface area contributed by atoms with Crippen molar-refractivity contribution in [2.24, 2.45) is 0 Å². The number of carbonyl (C=O) groups is 1. The molecule has 26 heavy (non-hydrogen) atoms. The molecule has 0 radical (unpaired) electrons. The lowest BCUT2D eigenvalue weighted by Crippen LogP contribution is -2.36. The fourth-order valence-corrected chi connectivity index (χ4v) is 4.17. The number of fused-ring (bicyclic) bond motifs is 1. The number of anilines is 1. The number of halogens is 2. The third-order valence-electron chi connectivity index (χ3n) is 3.89. The highest BCUT2D eigenvalue weighted by molar-refractivity contribution is 7.22. The van der Waals surface area contributed by atoms with E-state index in [0.717, 1.165) is 16.8 Å². The van der Waals surface area contributed by atoms with E-state index in [2.05, 4.69) is 11.1 Å². The van der Waals surface area contributed by atoms with Gasteiger partial charge in [-0.1, -0.05) is 40.6 Å². The van der Waals surface area contributed by atoms with Gasteiger partial charge in [-0.3, -0.25) is 9.69 Å². The lowest BCUT2D eigenvalue weighted by molar-refractivity contribution is 0.0985. The first-order valence-electron chi connectivity index (χ1n) is 8.13. The van der Waals surface area contributed by atoms with Crippen LogP contribution in [-0.4, -0.2) is 43.0 Å². The van der Waals surface area contributed by atoms with Crippen molar-refractivity contribution in [3.63, 3.8) is 0 Å². The first-order chi connectivity index (χ1) is 12.3. The Hall–Kier alpha value is -1.66. The van der Waals surface area contributed by atoms with E-state index in [1.54, 1.807) is 23.1 Å². The van der Waals surface area contributed by atoms with Gasteiger partial charge in [-0.25, -0.2) is 4.98 Å². The predicted octanol–water partition coefficient (Wildman–Crippen LogP) is 5.12. The molecule has 0 aliphatic heterocycles. The molecule has 0 atom stereocenters. The summed E-state index contributed by atoms with van der Waals surface area (Å²) in [6, 6.07) is 11.0. The van der Waals surface area contributed by atoms with Gasteiger partial charge in [0.2, 0.25) is 0 Å². The van der Waals surface area contributed by atoms with E-state index in [0.29, 0.717) is 27.3 Å². The van der Waals surface area contributed by atoms with Crippen molar-refractivity contribution in [2.75, 3.05) is 32.1 Å². The SMILES string of the molecule is Cc1ccc2nc(N(CCN(C)C)C(=O)c3cc(Cl)cc(Cl)c3)sc2c1. The summed E-state index contributed by atoms with van der Waals surface area (Å²) in [7, 11) is 3.95. The quantitative estimate of drug-likeness (QED) is 0.588. The van der Waals surface area contributed by atoms with Gasteiger partial charge in [-0.15, -0.1) is 0 Å². The number of aromatic nitrogens is 1. The predicted molar refractivity (Wildman–Crippen MR) is 111 cm³/mol. The smallest absolute Gasteiger partial charge is 0.260 e. The monoisotopic (exact) mass is 407 g/mol. The average molecular weight is 408 g/mol. The number of aryl methyl sites for hydroxylation is 1. The molecule has 1 heterocycles. The second kappa shape index (κ2) is 7.92. The molecule has 0 N–H and O–H groups in total. The van der Waals surface area contributed by atoms with Crippen LogP contribution in [0.25, 0.3) is 10.2 Å². The number of thiazole rings is 1. The largest absolute Gasteiger partial charge is 0.308 e. The van der Waals surface area contributed by atoms with Gasteiger partial charge in [0.25, 0.3) is 5.91 Å². The van der Waals surface area contributed by atoms with Crippen LogP contribution in [0.5, 0.6) is 0 Å². The maximum Gasteiger partial charge on any atom is 0.260 e. The summed E-state index contributed by atoms with van der Waals surface area (Å²) in [6.07, 6.45) is 0. The minimum Gasteiger partial charge on any atom is -0.308 e. The molecular formula is C19H19Cl2N3OS. The zero-order valence-corrected chi connectivity index (χ0v) is 17.1. The third-order valence-corrected chi connectivity index (χ3v) is 5.37. The van der Waals surface area contributed by atoms with E-state index < -0.39 is 0 Å². The van der Waals surface area contributed by atoms with Gasteiger partial charge in [0.15, 0.2) is 5.13 Å². The Morgan fingerprint density at radius 3 is 2.42 bits per heavy atom. The first kappa shape index (κ1) is 19.1. The molecule has 4 nitrogen and oxygen atoms in total. The maximum absolute atomic E-state index is 13.2. The molecule has 0 fully saturated rings. The second-order valence-electron chi connectivity index (χ2n) is 6.39. The number of nitrogens with zero attached hydrogens (tertiary/aromatic N) is 3. The normalized spacial score (nSPS) is 11.3. The van der Waals surface area contributed by atoms with E-state index in [9.17, 15) is 4.79 Å². The average Bonchev–Trinajstić information content (AvgIpc) is 2.96. The number of benzene rings is 2. The van der Waals surface area contributed by atoms with Crippen LogP contribution in [0.4, 0.5) is 5.13 Å². The first-order valence-corrected chi connectivity index (χ1v) is 9.70. The molecule has 7 heteroatoms. The van der Waals surface area contributed by atoms with Crippen LogP contribution >= 0.6 is 34.5 Å². The van der Waals surface area contributed by atoms with Crippen LogP contribution in [0, 0.1) is 6.92 Å². The Morgan fingerprint density at radius 1 is 1.08 bits per heavy atom. The summed E-state index contributed by atoms with van der Waals surface area (Å²) in [5.74, 6) is -0.160. The van der Waals surface area contributed by atoms with Crippen LogP contribution < -0.4 is 4.90 Å². The van der Waals surface area contributed by atoms with Crippen LogP contribution in [-0.2, 0) is 0 Å². The molecule has 136 valence electrons. The van der Waals surface area contributed by atoms with E-state index in [4.69, 9.17) is 23.2 Å². The highest BCUT2D eigenvalue weighted by atomic mass is 35.5. The van der Waals surface area contributed by atoms with Crippen molar-refractivity contribution in [3.05, 3.63) is 57.6 Å². The number of hydrogen-bond donors (Lipinski definition) is 0. The maximum atomic E-state index is 13.2. The van der Waals surface area contributed by atoms with Crippen LogP contribution in [0.2, 0.25) is 10.0 Å². The number of amides is 1. The van der Waals surface area contributed by atoms with Crippen molar-refractivity contribution < 1.29 is 4.79 Å². The van der Waals surface area contributed by atoms with Crippen molar-refractivity contribution >= 4 is 55.8 Å². The molecule has 0 spiro atoms. The standard InChI is InChI=1S/C19H19Cl2N3OS/c1-12-4-5-16-17(8-12)26-19(22-16)24(7-6-23(2)3)18(25)13-9-14(20)11-15(21)10-13/h4-5,8-11H,6-7H2,1-3H3. The van der Waals surface area contributed by atoms with Crippen molar-refractivity contribution in [3.8, 4) is 0 Å². The van der Waals surface area contributed by atoms with E-state index in [1.165, 1.54) is 16.9 Å². The fourth-order valence-electron chi connectivity index (χ4n) is 2.55. The number of likely N-dealkylation sites (N-methyl/N-ethyl adjacent to an activating group) is 1. The van der Waals surface area contributed by atoms with Crippen LogP contribution in [0.15, 0.2) is 36.4 Å². The van der Waals surface area contributed by atoms with E-state index in [-0.39, 0.29) is 5.91 Å². The van der Waals surface area contributed by atoms with Crippen LogP contribution in [0.1, 0.15) is 15.9 Å². The minimum atomic E-state index is -0.160. The third kappa shape index (κ3) is 4.35. The molecule has 3 rings (SSSR count). The van der Waals surface area contributed by atoms with Gasteiger partial charge >= 0.3 is 0 Å². The number of carbonyl (C=O) groups excluding carboxylic acids is 1. The molecule has 1 aromatic heterocycles. The highest BCUT2D eigenvalue weighted by Crippen LogP contribution is 2.31. The molecule has 0 aliphatic carbocycles. The van der Waals surface area contributed by atoms with Crippen LogP contribution in [0.3, 0.4) is 0 Å². The lowest BCUT2D eigenvalue weighted by Gasteiger charge is -2.22. The van der Waals surface area contributed by atoms with Gasteiger partial charge in [-0.05, 0) is 56.9 Å². The van der Waals surface area contributed by atoms with Crippen molar-refractivity contribution in [2.45, 2.75) is 6.92 Å². The molecule has 0 unspecified atom stereocenters. The molecule has 0 bridgehead atoms. The molecular weight excluding hydrogens is 389 g/mol. The number of hydrogen-bond acceptors (Lipinski definition) is 4. The van der Waals surface area contributed by atoms with E-state index in [1.807, 2.05) is 38.1 Å². The highest BCUT2D eigenvalue weighted by Gasteiger charge is 2.22. The molecule has 0 aliphatic rings. The zero-order chi connectivity index (χ0) is 18.8. The van der Waals surface area contributed by atoms with Gasteiger partial charge in [0.1, 0.15) is 0 Å². The summed E-state index contributed by atoms with van der Waals surface area (Å²) in [6.45, 7) is 3.28. The van der Waals surface area contributed by atoms with E-state index >= 15 is 0 Å². The summed E-state index contributed by atoms with van der Waals surface area (Å²) in [5, 5.41) is 1.55. The molecule has 2 aromatic carbocycles. The zero-order valence-electron chi connectivity index (χ0n) is 14.8. The summed E-state index contributed by atoms with van der Waals surface area (Å²) in [5.41, 5.74) is 2.51. The Morgan fingerprint density at radius 2 is 1.77 bits per heavy atom. The van der Waals surface area contributed by atoms with Crippen molar-refractivity contribution in [1.82, 2.24) is 9.88 Å². The van der Waals surface area contributed by atoms with Gasteiger partial charge < -0.3 is 4.90 Å². The lowest BCUT2D eigenvalue weighted by atomic mass is 10.2. The molecule has 3 aromatic rings. The van der Waals surface area contributed by atoms with Gasteiger partial charge in [0.05, 0.1) is 10.2 Å². The van der Waals surface area contributed by atoms with Gasteiger partial charge in [-0.2, -0.15) is 0 Å². The number of rotatable bonds is 5. The fraction of sp³-hybridized carbons (Fsp3) is 0.263. The molecule has 1 amide bonds. The Kier molecular flexibility index (Phi) is 5.82. The topological polar surface area (TPSA) is 36.4 Å². The van der Waals surface area contributed by atoms with Crippen molar-refractivity contribution in [1.29, 1.82) is 0 Å². The summed E-state index contributed by atoms with van der Waals surface area (Å²) >= 11 is 13.7. The van der Waals surface area contributed by atoms with Gasteiger partial charge in [0, 0.05) is 28.7 Å². The molecule has 0 saturated carbocycles. The Labute approximate surface area is 167 Å². The minimum absolute atomic E-state index is 0.160. The summed E-state index contributed by atoms with van der Waals surface area (Å²) < 4.78 is 1.06. The molecule has 0 saturated heterocycles.